The SMILES string of the molecule is Cc1ccc2oc(C(=O)NCCCC(C)CCl)cc2c1. The van der Waals surface area contributed by atoms with Crippen LogP contribution in [0.25, 0.3) is 11.0 Å². The van der Waals surface area contributed by atoms with Crippen LogP contribution in [0.2, 0.25) is 0 Å². The number of halogens is 1. The fourth-order valence-corrected chi connectivity index (χ4v) is 2.25. The summed E-state index contributed by atoms with van der Waals surface area (Å²) in [7, 11) is 0. The molecule has 0 radical (unpaired) electrons. The summed E-state index contributed by atoms with van der Waals surface area (Å²) in [6.07, 6.45) is 1.95. The van der Waals surface area contributed by atoms with Gasteiger partial charge < -0.3 is 9.73 Å². The lowest BCUT2D eigenvalue weighted by atomic mass is 10.1. The number of aryl methyl sites for hydroxylation is 1. The quantitative estimate of drug-likeness (QED) is 0.643. The van der Waals surface area contributed by atoms with E-state index in [1.54, 1.807) is 6.07 Å². The fraction of sp³-hybridized carbons (Fsp3) is 0.438. The number of benzene rings is 1. The average Bonchev–Trinajstić information content (AvgIpc) is 2.86. The molecule has 2 aromatic rings. The van der Waals surface area contributed by atoms with Crippen molar-refractivity contribution in [2.75, 3.05) is 12.4 Å². The molecule has 0 aliphatic carbocycles. The summed E-state index contributed by atoms with van der Waals surface area (Å²) in [5.41, 5.74) is 1.90. The van der Waals surface area contributed by atoms with Crippen molar-refractivity contribution >= 4 is 28.5 Å². The van der Waals surface area contributed by atoms with Crippen molar-refractivity contribution in [1.29, 1.82) is 0 Å². The summed E-state index contributed by atoms with van der Waals surface area (Å²) >= 11 is 5.74. The maximum atomic E-state index is 12.0. The Morgan fingerprint density at radius 3 is 2.95 bits per heavy atom. The van der Waals surface area contributed by atoms with E-state index in [1.807, 2.05) is 25.1 Å². The first-order chi connectivity index (χ1) is 9.60. The first kappa shape index (κ1) is 14.9. The van der Waals surface area contributed by atoms with Crippen molar-refractivity contribution in [3.63, 3.8) is 0 Å². The molecule has 108 valence electrons. The molecule has 1 aromatic carbocycles. The van der Waals surface area contributed by atoms with Gasteiger partial charge in [0.15, 0.2) is 5.76 Å². The molecule has 0 saturated heterocycles. The molecule has 0 bridgehead atoms. The van der Waals surface area contributed by atoms with Crippen molar-refractivity contribution < 1.29 is 9.21 Å². The van der Waals surface area contributed by atoms with E-state index in [2.05, 4.69) is 12.2 Å². The third-order valence-corrected chi connectivity index (χ3v) is 3.85. The van der Waals surface area contributed by atoms with Gasteiger partial charge in [-0.15, -0.1) is 11.6 Å². The van der Waals surface area contributed by atoms with Crippen LogP contribution in [0, 0.1) is 12.8 Å². The van der Waals surface area contributed by atoms with Crippen molar-refractivity contribution in [3.8, 4) is 0 Å². The van der Waals surface area contributed by atoms with Gasteiger partial charge in [0.2, 0.25) is 0 Å². The Balaban J connectivity index is 1.91. The van der Waals surface area contributed by atoms with Crippen molar-refractivity contribution in [2.24, 2.45) is 5.92 Å². The fourth-order valence-electron chi connectivity index (χ4n) is 2.09. The van der Waals surface area contributed by atoms with Gasteiger partial charge in [-0.1, -0.05) is 18.6 Å². The molecule has 0 saturated carbocycles. The van der Waals surface area contributed by atoms with Gasteiger partial charge in [0, 0.05) is 17.8 Å². The topological polar surface area (TPSA) is 42.2 Å². The minimum Gasteiger partial charge on any atom is -0.451 e. The highest BCUT2D eigenvalue weighted by molar-refractivity contribution is 6.18. The highest BCUT2D eigenvalue weighted by Crippen LogP contribution is 2.20. The Labute approximate surface area is 124 Å². The largest absolute Gasteiger partial charge is 0.451 e. The van der Waals surface area contributed by atoms with Crippen LogP contribution >= 0.6 is 11.6 Å². The maximum Gasteiger partial charge on any atom is 0.287 e. The molecule has 4 heteroatoms. The molecule has 1 amide bonds. The zero-order valence-corrected chi connectivity index (χ0v) is 12.7. The average molecular weight is 294 g/mol. The standard InChI is InChI=1S/C16H20ClNO2/c1-11-5-6-14-13(8-11)9-15(20-14)16(19)18-7-3-4-12(2)10-17/h5-6,8-9,12H,3-4,7,10H2,1-2H3,(H,18,19). The van der Waals surface area contributed by atoms with E-state index in [1.165, 1.54) is 0 Å². The second kappa shape index (κ2) is 6.80. The van der Waals surface area contributed by atoms with Gasteiger partial charge in [-0.2, -0.15) is 0 Å². The molecule has 1 N–H and O–H groups in total. The molecule has 0 aliphatic rings. The zero-order valence-electron chi connectivity index (χ0n) is 11.9. The summed E-state index contributed by atoms with van der Waals surface area (Å²) in [5, 5.41) is 3.84. The summed E-state index contributed by atoms with van der Waals surface area (Å²) in [5.74, 6) is 1.37. The van der Waals surface area contributed by atoms with Gasteiger partial charge in [0.05, 0.1) is 0 Å². The summed E-state index contributed by atoms with van der Waals surface area (Å²) < 4.78 is 5.55. The Hall–Kier alpha value is -1.48. The number of furan rings is 1. The lowest BCUT2D eigenvalue weighted by Gasteiger charge is -2.07. The smallest absolute Gasteiger partial charge is 0.287 e. The van der Waals surface area contributed by atoms with Gasteiger partial charge in [-0.3, -0.25) is 4.79 Å². The van der Waals surface area contributed by atoms with Crippen molar-refractivity contribution in [1.82, 2.24) is 5.32 Å². The van der Waals surface area contributed by atoms with Crippen molar-refractivity contribution in [2.45, 2.75) is 26.7 Å². The molecule has 3 nitrogen and oxygen atoms in total. The number of carbonyl (C=O) groups is 1. The van der Waals surface area contributed by atoms with Crippen LogP contribution in [0.3, 0.4) is 0 Å². The Bertz CT molecular complexity index is 591. The molecule has 0 fully saturated rings. The van der Waals surface area contributed by atoms with Gasteiger partial charge >= 0.3 is 0 Å². The minimum atomic E-state index is -0.155. The predicted octanol–water partition coefficient (Wildman–Crippen LogP) is 4.13. The number of hydrogen-bond donors (Lipinski definition) is 1. The normalized spacial score (nSPS) is 12.6. The molecule has 1 unspecified atom stereocenters. The Morgan fingerprint density at radius 2 is 2.20 bits per heavy atom. The van der Waals surface area contributed by atoms with Crippen LogP contribution in [-0.2, 0) is 0 Å². The minimum absolute atomic E-state index is 0.155. The summed E-state index contributed by atoms with van der Waals surface area (Å²) in [6.45, 7) is 4.77. The van der Waals surface area contributed by atoms with E-state index in [9.17, 15) is 4.79 Å². The van der Waals surface area contributed by atoms with Crippen molar-refractivity contribution in [3.05, 3.63) is 35.6 Å². The number of nitrogens with one attached hydrogen (secondary N) is 1. The Kier molecular flexibility index (Phi) is 5.07. The van der Waals surface area contributed by atoms with E-state index >= 15 is 0 Å². The third-order valence-electron chi connectivity index (χ3n) is 3.32. The van der Waals surface area contributed by atoms with Gasteiger partial charge in [0.25, 0.3) is 5.91 Å². The van der Waals surface area contributed by atoms with E-state index in [4.69, 9.17) is 16.0 Å². The van der Waals surface area contributed by atoms with Gasteiger partial charge in [0.1, 0.15) is 5.58 Å². The molecule has 20 heavy (non-hydrogen) atoms. The number of hydrogen-bond acceptors (Lipinski definition) is 2. The van der Waals surface area contributed by atoms with Crippen LogP contribution in [0.4, 0.5) is 0 Å². The third kappa shape index (κ3) is 3.76. The number of fused-ring (bicyclic) bond motifs is 1. The van der Waals surface area contributed by atoms with E-state index in [0.717, 1.165) is 29.4 Å². The predicted molar refractivity (Wildman–Crippen MR) is 82.4 cm³/mol. The number of rotatable bonds is 6. The zero-order chi connectivity index (χ0) is 14.5. The highest BCUT2D eigenvalue weighted by atomic mass is 35.5. The van der Waals surface area contributed by atoms with Crippen LogP contribution in [0.15, 0.2) is 28.7 Å². The second-order valence-electron chi connectivity index (χ2n) is 5.31. The summed E-state index contributed by atoms with van der Waals surface area (Å²) in [6, 6.07) is 7.67. The molecular formula is C16H20ClNO2. The molecular weight excluding hydrogens is 274 g/mol. The van der Waals surface area contributed by atoms with Crippen LogP contribution in [0.1, 0.15) is 35.9 Å². The van der Waals surface area contributed by atoms with Crippen LogP contribution in [0.5, 0.6) is 0 Å². The molecule has 1 atom stereocenters. The van der Waals surface area contributed by atoms with E-state index < -0.39 is 0 Å². The van der Waals surface area contributed by atoms with E-state index in [-0.39, 0.29) is 5.91 Å². The van der Waals surface area contributed by atoms with E-state index in [0.29, 0.717) is 24.1 Å². The lowest BCUT2D eigenvalue weighted by Crippen LogP contribution is -2.24. The monoisotopic (exact) mass is 293 g/mol. The number of carbonyl (C=O) groups excluding carboxylic acids is 1. The molecule has 1 aromatic heterocycles. The number of amides is 1. The first-order valence-corrected chi connectivity index (χ1v) is 7.48. The first-order valence-electron chi connectivity index (χ1n) is 6.94. The molecule has 2 rings (SSSR count). The summed E-state index contributed by atoms with van der Waals surface area (Å²) in [4.78, 5) is 12.0. The Morgan fingerprint density at radius 1 is 1.40 bits per heavy atom. The highest BCUT2D eigenvalue weighted by Gasteiger charge is 2.11. The maximum absolute atomic E-state index is 12.0. The molecule has 0 spiro atoms. The molecule has 1 heterocycles. The number of alkyl halides is 1. The lowest BCUT2D eigenvalue weighted by molar-refractivity contribution is 0.0927. The van der Waals surface area contributed by atoms with Gasteiger partial charge in [-0.25, -0.2) is 0 Å². The van der Waals surface area contributed by atoms with Crippen LogP contribution in [-0.4, -0.2) is 18.3 Å². The second-order valence-corrected chi connectivity index (χ2v) is 5.62. The van der Waals surface area contributed by atoms with Crippen LogP contribution < -0.4 is 5.32 Å². The van der Waals surface area contributed by atoms with Gasteiger partial charge in [-0.05, 0) is 43.9 Å². The molecule has 0 aliphatic heterocycles.